The van der Waals surface area contributed by atoms with Gasteiger partial charge in [0, 0.05) is 19.1 Å². The summed E-state index contributed by atoms with van der Waals surface area (Å²) < 4.78 is 11.0. The van der Waals surface area contributed by atoms with Gasteiger partial charge in [0.1, 0.15) is 5.75 Å². The quantitative estimate of drug-likeness (QED) is 0.833. The first-order valence-electron chi connectivity index (χ1n) is 6.92. The summed E-state index contributed by atoms with van der Waals surface area (Å²) in [6.45, 7) is 3.36. The summed E-state index contributed by atoms with van der Waals surface area (Å²) in [5.74, 6) is 1.25. The van der Waals surface area contributed by atoms with E-state index in [0.717, 1.165) is 37.4 Å². The Bertz CT molecular complexity index is 454. The van der Waals surface area contributed by atoms with E-state index in [4.69, 9.17) is 9.47 Å². The van der Waals surface area contributed by atoms with Crippen LogP contribution in [0, 0.1) is 5.92 Å². The lowest BCUT2D eigenvalue weighted by Gasteiger charge is -2.24. The third kappa shape index (κ3) is 2.73. The van der Waals surface area contributed by atoms with E-state index < -0.39 is 0 Å². The highest BCUT2D eigenvalue weighted by Gasteiger charge is 2.26. The molecule has 1 saturated heterocycles. The lowest BCUT2D eigenvalue weighted by atomic mass is 10.0. The number of hydrogen-bond donors (Lipinski definition) is 0. The van der Waals surface area contributed by atoms with Crippen molar-refractivity contribution in [1.29, 1.82) is 0 Å². The van der Waals surface area contributed by atoms with Crippen molar-refractivity contribution in [3.05, 3.63) is 24.3 Å². The number of benzene rings is 1. The van der Waals surface area contributed by atoms with Gasteiger partial charge in [0.05, 0.1) is 25.4 Å². The Hall–Kier alpha value is -1.55. The Labute approximate surface area is 113 Å². The van der Waals surface area contributed by atoms with Gasteiger partial charge in [-0.05, 0) is 25.0 Å². The third-order valence-corrected chi connectivity index (χ3v) is 3.77. The van der Waals surface area contributed by atoms with Gasteiger partial charge in [-0.25, -0.2) is 0 Å². The number of fused-ring (bicyclic) bond motifs is 1. The van der Waals surface area contributed by atoms with Crippen LogP contribution in [0.15, 0.2) is 24.3 Å². The van der Waals surface area contributed by atoms with E-state index in [1.54, 1.807) is 0 Å². The molecule has 1 atom stereocenters. The first kappa shape index (κ1) is 12.5. The topological polar surface area (TPSA) is 38.8 Å². The largest absolute Gasteiger partial charge is 0.491 e. The predicted molar refractivity (Wildman–Crippen MR) is 72.7 cm³/mol. The fourth-order valence-electron chi connectivity index (χ4n) is 2.67. The number of ketones is 1. The molecule has 0 spiro atoms. The molecule has 4 nitrogen and oxygen atoms in total. The van der Waals surface area contributed by atoms with E-state index in [0.29, 0.717) is 19.8 Å². The molecule has 1 fully saturated rings. The maximum absolute atomic E-state index is 12.3. The fraction of sp³-hybridized carbons (Fsp3) is 0.533. The molecule has 0 N–H and O–H groups in total. The van der Waals surface area contributed by atoms with E-state index in [9.17, 15) is 4.79 Å². The van der Waals surface area contributed by atoms with Crippen molar-refractivity contribution >= 4 is 11.5 Å². The molecule has 3 rings (SSSR count). The number of carbonyl (C=O) groups excluding carboxylic acids is 1. The SMILES string of the molecule is O=C(CN1CCCOc2ccccc21)C1CCOC1. The molecular formula is C15H19NO3. The lowest BCUT2D eigenvalue weighted by molar-refractivity contribution is -0.121. The second kappa shape index (κ2) is 5.61. The molecule has 2 aliphatic heterocycles. The van der Waals surface area contributed by atoms with Crippen molar-refractivity contribution in [2.24, 2.45) is 5.92 Å². The number of para-hydroxylation sites is 2. The molecule has 0 amide bonds. The Kier molecular flexibility index (Phi) is 3.69. The van der Waals surface area contributed by atoms with Gasteiger partial charge < -0.3 is 14.4 Å². The molecular weight excluding hydrogens is 242 g/mol. The minimum Gasteiger partial charge on any atom is -0.491 e. The van der Waals surface area contributed by atoms with E-state index in [-0.39, 0.29) is 11.7 Å². The van der Waals surface area contributed by atoms with Gasteiger partial charge in [-0.15, -0.1) is 0 Å². The highest BCUT2D eigenvalue weighted by molar-refractivity contribution is 5.86. The Balaban J connectivity index is 1.74. The van der Waals surface area contributed by atoms with Gasteiger partial charge in [0.15, 0.2) is 5.78 Å². The van der Waals surface area contributed by atoms with Crippen LogP contribution in [0.25, 0.3) is 0 Å². The molecule has 1 unspecified atom stereocenters. The monoisotopic (exact) mass is 261 g/mol. The van der Waals surface area contributed by atoms with Crippen LogP contribution < -0.4 is 9.64 Å². The average Bonchev–Trinajstić information content (AvgIpc) is 2.90. The molecule has 102 valence electrons. The van der Waals surface area contributed by atoms with Crippen LogP contribution in [0.5, 0.6) is 5.75 Å². The van der Waals surface area contributed by atoms with Crippen LogP contribution in [-0.2, 0) is 9.53 Å². The van der Waals surface area contributed by atoms with Crippen LogP contribution in [0.2, 0.25) is 0 Å². The molecule has 0 saturated carbocycles. The molecule has 19 heavy (non-hydrogen) atoms. The van der Waals surface area contributed by atoms with Gasteiger partial charge in [-0.1, -0.05) is 12.1 Å². The third-order valence-electron chi connectivity index (χ3n) is 3.77. The number of rotatable bonds is 3. The fourth-order valence-corrected chi connectivity index (χ4v) is 2.67. The number of nitrogens with zero attached hydrogens (tertiary/aromatic N) is 1. The normalized spacial score (nSPS) is 22.5. The molecule has 4 heteroatoms. The molecule has 0 aliphatic carbocycles. The van der Waals surface area contributed by atoms with Crippen molar-refractivity contribution in [3.63, 3.8) is 0 Å². The Morgan fingerprint density at radius 3 is 3.05 bits per heavy atom. The first-order chi connectivity index (χ1) is 9.34. The summed E-state index contributed by atoms with van der Waals surface area (Å²) >= 11 is 0. The van der Waals surface area contributed by atoms with Crippen LogP contribution >= 0.6 is 0 Å². The first-order valence-corrected chi connectivity index (χ1v) is 6.92. The maximum atomic E-state index is 12.3. The Morgan fingerprint density at radius 1 is 1.32 bits per heavy atom. The van der Waals surface area contributed by atoms with Gasteiger partial charge in [0.25, 0.3) is 0 Å². The lowest BCUT2D eigenvalue weighted by Crippen LogP contribution is -2.34. The van der Waals surface area contributed by atoms with Crippen molar-refractivity contribution in [2.45, 2.75) is 12.8 Å². The van der Waals surface area contributed by atoms with Crippen LogP contribution in [-0.4, -0.2) is 38.7 Å². The van der Waals surface area contributed by atoms with E-state index in [1.165, 1.54) is 0 Å². The molecule has 2 heterocycles. The predicted octanol–water partition coefficient (Wildman–Crippen LogP) is 1.88. The number of hydrogen-bond acceptors (Lipinski definition) is 4. The summed E-state index contributed by atoms with van der Waals surface area (Å²) in [5, 5.41) is 0. The number of carbonyl (C=O) groups is 1. The molecule has 2 aliphatic rings. The van der Waals surface area contributed by atoms with Crippen molar-refractivity contribution in [1.82, 2.24) is 0 Å². The molecule has 0 bridgehead atoms. The average molecular weight is 261 g/mol. The minimum atomic E-state index is 0.0799. The minimum absolute atomic E-state index is 0.0799. The van der Waals surface area contributed by atoms with Crippen molar-refractivity contribution in [3.8, 4) is 5.75 Å². The van der Waals surface area contributed by atoms with E-state index in [2.05, 4.69) is 4.90 Å². The van der Waals surface area contributed by atoms with Crippen LogP contribution in [0.3, 0.4) is 0 Å². The van der Waals surface area contributed by atoms with Crippen LogP contribution in [0.4, 0.5) is 5.69 Å². The second-order valence-corrected chi connectivity index (χ2v) is 5.12. The zero-order valence-corrected chi connectivity index (χ0v) is 11.0. The highest BCUT2D eigenvalue weighted by Crippen LogP contribution is 2.30. The van der Waals surface area contributed by atoms with Crippen molar-refractivity contribution in [2.75, 3.05) is 37.8 Å². The van der Waals surface area contributed by atoms with Crippen molar-refractivity contribution < 1.29 is 14.3 Å². The summed E-state index contributed by atoms with van der Waals surface area (Å²) in [6.07, 6.45) is 1.81. The smallest absolute Gasteiger partial charge is 0.157 e. The van der Waals surface area contributed by atoms with E-state index in [1.807, 2.05) is 24.3 Å². The highest BCUT2D eigenvalue weighted by atomic mass is 16.5. The molecule has 0 radical (unpaired) electrons. The Morgan fingerprint density at radius 2 is 2.21 bits per heavy atom. The zero-order valence-electron chi connectivity index (χ0n) is 11.0. The zero-order chi connectivity index (χ0) is 13.1. The number of ether oxygens (including phenoxy) is 2. The van der Waals surface area contributed by atoms with E-state index >= 15 is 0 Å². The van der Waals surface area contributed by atoms with Gasteiger partial charge in [0.2, 0.25) is 0 Å². The summed E-state index contributed by atoms with van der Waals surface area (Å²) in [7, 11) is 0. The summed E-state index contributed by atoms with van der Waals surface area (Å²) in [6, 6.07) is 7.95. The molecule has 0 aromatic heterocycles. The van der Waals surface area contributed by atoms with Gasteiger partial charge in [-0.2, -0.15) is 0 Å². The summed E-state index contributed by atoms with van der Waals surface area (Å²) in [5.41, 5.74) is 1.03. The molecule has 1 aromatic carbocycles. The molecule has 1 aromatic rings. The maximum Gasteiger partial charge on any atom is 0.157 e. The van der Waals surface area contributed by atoms with Gasteiger partial charge in [-0.3, -0.25) is 4.79 Å². The second-order valence-electron chi connectivity index (χ2n) is 5.12. The standard InChI is InChI=1S/C15H19NO3/c17-14(12-6-9-18-11-12)10-16-7-3-8-19-15-5-2-1-4-13(15)16/h1-2,4-5,12H,3,6-11H2. The summed E-state index contributed by atoms with van der Waals surface area (Å²) in [4.78, 5) is 14.4. The van der Waals surface area contributed by atoms with Crippen LogP contribution in [0.1, 0.15) is 12.8 Å². The van der Waals surface area contributed by atoms with Gasteiger partial charge >= 0.3 is 0 Å². The number of Topliss-reactive ketones (excluding diaryl/α,β-unsaturated/α-hetero) is 1. The number of anilines is 1.